The van der Waals surface area contributed by atoms with Gasteiger partial charge < -0.3 is 10.1 Å². The summed E-state index contributed by atoms with van der Waals surface area (Å²) in [6.07, 6.45) is 1.46. The predicted octanol–water partition coefficient (Wildman–Crippen LogP) is 5.58. The number of aryl methyl sites for hydroxylation is 1. The molecule has 3 aromatic carbocycles. The molecule has 0 spiro atoms. The van der Waals surface area contributed by atoms with Crippen LogP contribution in [0.2, 0.25) is 0 Å². The van der Waals surface area contributed by atoms with E-state index in [-0.39, 0.29) is 23.5 Å². The Hall–Kier alpha value is -3.66. The minimum Gasteiger partial charge on any atom is -0.489 e. The fraction of sp³-hybridized carbons (Fsp3) is 0.241. The van der Waals surface area contributed by atoms with Gasteiger partial charge in [-0.1, -0.05) is 72.3 Å². The molecule has 1 heterocycles. The average molecular weight is 438 g/mol. The van der Waals surface area contributed by atoms with Gasteiger partial charge in [0.05, 0.1) is 0 Å². The fourth-order valence-electron chi connectivity index (χ4n) is 4.86. The van der Waals surface area contributed by atoms with Gasteiger partial charge >= 0.3 is 0 Å². The SMILES string of the molecule is Cc1ccc(C2CC(=O)C3=C(C2)NC(=O)CC3c2ccc(OCc3ccccc3)cc2)cc1. The zero-order valence-corrected chi connectivity index (χ0v) is 18.7. The van der Waals surface area contributed by atoms with Crippen molar-refractivity contribution >= 4 is 11.7 Å². The molecule has 0 bridgehead atoms. The summed E-state index contributed by atoms with van der Waals surface area (Å²) >= 11 is 0. The largest absolute Gasteiger partial charge is 0.489 e. The number of rotatable bonds is 5. The van der Waals surface area contributed by atoms with Crippen molar-refractivity contribution in [3.63, 3.8) is 0 Å². The van der Waals surface area contributed by atoms with Gasteiger partial charge in [-0.2, -0.15) is 0 Å². The van der Waals surface area contributed by atoms with E-state index >= 15 is 0 Å². The second kappa shape index (κ2) is 9.07. The zero-order chi connectivity index (χ0) is 22.8. The molecule has 0 fully saturated rings. The lowest BCUT2D eigenvalue weighted by Gasteiger charge is -2.34. The molecule has 0 saturated carbocycles. The van der Waals surface area contributed by atoms with Crippen LogP contribution in [0.1, 0.15) is 53.4 Å². The third-order valence-electron chi connectivity index (χ3n) is 6.62. The highest BCUT2D eigenvalue weighted by atomic mass is 16.5. The van der Waals surface area contributed by atoms with Crippen LogP contribution in [0.5, 0.6) is 5.75 Å². The molecule has 1 aliphatic carbocycles. The number of ketones is 1. The minimum atomic E-state index is -0.205. The van der Waals surface area contributed by atoms with Crippen LogP contribution in [-0.2, 0) is 16.2 Å². The van der Waals surface area contributed by atoms with Gasteiger partial charge in [0.1, 0.15) is 12.4 Å². The summed E-state index contributed by atoms with van der Waals surface area (Å²) in [4.78, 5) is 25.8. The fourth-order valence-corrected chi connectivity index (χ4v) is 4.86. The van der Waals surface area contributed by atoms with Gasteiger partial charge in [0, 0.05) is 30.0 Å². The minimum absolute atomic E-state index is 0.0273. The first-order valence-corrected chi connectivity index (χ1v) is 11.5. The molecule has 1 N–H and O–H groups in total. The van der Waals surface area contributed by atoms with Crippen molar-refractivity contribution in [3.8, 4) is 5.75 Å². The van der Waals surface area contributed by atoms with Crippen molar-refractivity contribution in [3.05, 3.63) is 112 Å². The van der Waals surface area contributed by atoms with E-state index in [4.69, 9.17) is 4.74 Å². The van der Waals surface area contributed by atoms with Crippen LogP contribution in [0.15, 0.2) is 90.1 Å². The normalized spacial score (nSPS) is 20.3. The maximum atomic E-state index is 13.3. The highest BCUT2D eigenvalue weighted by Gasteiger charge is 2.38. The third kappa shape index (κ3) is 4.61. The van der Waals surface area contributed by atoms with Gasteiger partial charge in [0.2, 0.25) is 5.91 Å². The summed E-state index contributed by atoms with van der Waals surface area (Å²) in [6.45, 7) is 2.56. The Labute approximate surface area is 194 Å². The number of ether oxygens (including phenoxy) is 1. The molecule has 0 aromatic heterocycles. The van der Waals surface area contributed by atoms with Crippen LogP contribution in [0.3, 0.4) is 0 Å². The van der Waals surface area contributed by atoms with E-state index in [1.807, 2.05) is 54.6 Å². The van der Waals surface area contributed by atoms with Gasteiger partial charge in [-0.05, 0) is 48.1 Å². The molecule has 0 saturated heterocycles. The Bertz CT molecular complexity index is 1190. The molecular formula is C29H27NO3. The van der Waals surface area contributed by atoms with E-state index in [1.165, 1.54) is 5.56 Å². The van der Waals surface area contributed by atoms with E-state index in [1.54, 1.807) is 0 Å². The number of hydrogen-bond donors (Lipinski definition) is 1. The molecule has 1 amide bonds. The molecule has 4 heteroatoms. The molecule has 4 nitrogen and oxygen atoms in total. The van der Waals surface area contributed by atoms with Crippen molar-refractivity contribution in [2.24, 2.45) is 0 Å². The van der Waals surface area contributed by atoms with Crippen molar-refractivity contribution in [2.45, 2.75) is 44.6 Å². The molecular weight excluding hydrogens is 410 g/mol. The first-order chi connectivity index (χ1) is 16.1. The molecule has 5 rings (SSSR count). The Kier molecular flexibility index (Phi) is 5.82. The van der Waals surface area contributed by atoms with Crippen molar-refractivity contribution < 1.29 is 14.3 Å². The zero-order valence-electron chi connectivity index (χ0n) is 18.7. The molecule has 1 aliphatic heterocycles. The summed E-state index contributed by atoms with van der Waals surface area (Å²) in [5.74, 6) is 0.774. The van der Waals surface area contributed by atoms with E-state index in [9.17, 15) is 9.59 Å². The van der Waals surface area contributed by atoms with Crippen LogP contribution < -0.4 is 10.1 Å². The third-order valence-corrected chi connectivity index (χ3v) is 6.62. The first kappa shape index (κ1) is 21.2. The molecule has 2 atom stereocenters. The van der Waals surface area contributed by atoms with E-state index in [0.717, 1.165) is 33.7 Å². The average Bonchev–Trinajstić information content (AvgIpc) is 2.83. The highest BCUT2D eigenvalue weighted by molar-refractivity contribution is 6.02. The van der Waals surface area contributed by atoms with E-state index in [2.05, 4.69) is 36.5 Å². The lowest BCUT2D eigenvalue weighted by atomic mass is 9.73. The van der Waals surface area contributed by atoms with Crippen LogP contribution in [0.4, 0.5) is 0 Å². The number of Topliss-reactive ketones (excluding diaryl/α,β-unsaturated/α-hetero) is 1. The number of hydrogen-bond acceptors (Lipinski definition) is 3. The Morgan fingerprint density at radius 3 is 2.24 bits per heavy atom. The van der Waals surface area contributed by atoms with Gasteiger partial charge in [-0.25, -0.2) is 0 Å². The molecule has 3 aromatic rings. The number of amides is 1. The smallest absolute Gasteiger partial charge is 0.225 e. The van der Waals surface area contributed by atoms with Crippen LogP contribution in [-0.4, -0.2) is 11.7 Å². The van der Waals surface area contributed by atoms with Crippen molar-refractivity contribution in [2.75, 3.05) is 0 Å². The van der Waals surface area contributed by atoms with E-state index < -0.39 is 0 Å². The molecule has 0 radical (unpaired) electrons. The lowest BCUT2D eigenvalue weighted by molar-refractivity contribution is -0.122. The van der Waals surface area contributed by atoms with Gasteiger partial charge in [0.15, 0.2) is 5.78 Å². The number of benzene rings is 3. The summed E-state index contributed by atoms with van der Waals surface area (Å²) in [7, 11) is 0. The van der Waals surface area contributed by atoms with Crippen LogP contribution in [0.25, 0.3) is 0 Å². The maximum Gasteiger partial charge on any atom is 0.225 e. The predicted molar refractivity (Wildman–Crippen MR) is 128 cm³/mol. The number of allylic oxidation sites excluding steroid dienone is 2. The monoisotopic (exact) mass is 437 g/mol. The standard InChI is InChI=1S/C29H27NO3/c1-19-7-9-21(10-8-19)23-15-26-29(27(31)16-23)25(17-28(32)30-26)22-11-13-24(14-12-22)33-18-20-5-3-2-4-6-20/h2-14,23,25H,15-18H2,1H3,(H,30,32). The van der Waals surface area contributed by atoms with Crippen LogP contribution >= 0.6 is 0 Å². The Morgan fingerprint density at radius 1 is 0.818 bits per heavy atom. The summed E-state index contributed by atoms with van der Waals surface area (Å²) in [5, 5.41) is 3.00. The molecule has 2 unspecified atom stereocenters. The van der Waals surface area contributed by atoms with Crippen LogP contribution in [0, 0.1) is 6.92 Å². The maximum absolute atomic E-state index is 13.3. The second-order valence-corrected chi connectivity index (χ2v) is 8.98. The summed E-state index contributed by atoms with van der Waals surface area (Å²) in [6, 6.07) is 26.2. The van der Waals surface area contributed by atoms with Crippen molar-refractivity contribution in [1.82, 2.24) is 5.32 Å². The second-order valence-electron chi connectivity index (χ2n) is 8.98. The Balaban J connectivity index is 1.36. The van der Waals surface area contributed by atoms with Gasteiger partial charge in [0.25, 0.3) is 0 Å². The van der Waals surface area contributed by atoms with Gasteiger partial charge in [-0.3, -0.25) is 9.59 Å². The summed E-state index contributed by atoms with van der Waals surface area (Å²) in [5.41, 5.74) is 6.00. The lowest BCUT2D eigenvalue weighted by Crippen LogP contribution is -2.38. The highest BCUT2D eigenvalue weighted by Crippen LogP contribution is 2.42. The topological polar surface area (TPSA) is 55.4 Å². The van der Waals surface area contributed by atoms with Gasteiger partial charge in [-0.15, -0.1) is 0 Å². The number of nitrogens with one attached hydrogen (secondary N) is 1. The van der Waals surface area contributed by atoms with Crippen molar-refractivity contribution in [1.29, 1.82) is 0 Å². The molecule has 166 valence electrons. The quantitative estimate of drug-likeness (QED) is 0.567. The summed E-state index contributed by atoms with van der Waals surface area (Å²) < 4.78 is 5.90. The number of carbonyl (C=O) groups excluding carboxylic acids is 2. The first-order valence-electron chi connectivity index (χ1n) is 11.5. The molecule has 33 heavy (non-hydrogen) atoms. The van der Waals surface area contributed by atoms with E-state index in [0.29, 0.717) is 25.9 Å². The Morgan fingerprint density at radius 2 is 1.52 bits per heavy atom. The number of carbonyl (C=O) groups is 2. The molecule has 2 aliphatic rings.